The quantitative estimate of drug-likeness (QED) is 0.0996. The number of fused-ring (bicyclic) bond motifs is 1. The Balaban J connectivity index is 1.42. The van der Waals surface area contributed by atoms with Gasteiger partial charge in [0.1, 0.15) is 11.4 Å². The Kier molecular flexibility index (Phi) is 8.10. The number of para-hydroxylation sites is 1. The topological polar surface area (TPSA) is 112 Å². The van der Waals surface area contributed by atoms with Gasteiger partial charge in [-0.1, -0.05) is 32.0 Å². The summed E-state index contributed by atoms with van der Waals surface area (Å²) in [5.74, 6) is -0.0736. The maximum absolute atomic E-state index is 12.4. The van der Waals surface area contributed by atoms with Crippen molar-refractivity contribution >= 4 is 51.8 Å². The lowest BCUT2D eigenvalue weighted by molar-refractivity contribution is -0.274. The Hall–Kier alpha value is -4.52. The number of alkyl halides is 3. The van der Waals surface area contributed by atoms with Crippen molar-refractivity contribution in [1.82, 2.24) is 20.2 Å². The fraction of sp³-hybridized carbons (Fsp3) is 0.192. The summed E-state index contributed by atoms with van der Waals surface area (Å²) in [5, 5.41) is 23.9. The van der Waals surface area contributed by atoms with Gasteiger partial charge in [0.15, 0.2) is 16.6 Å². The number of thiocarbonyl (C=S) groups is 1. The van der Waals surface area contributed by atoms with Gasteiger partial charge in [-0.25, -0.2) is 9.67 Å². The van der Waals surface area contributed by atoms with Crippen LogP contribution in [0.25, 0.3) is 11.0 Å². The fourth-order valence-electron chi connectivity index (χ4n) is 3.77. The maximum Gasteiger partial charge on any atom is 0.573 e. The van der Waals surface area contributed by atoms with Gasteiger partial charge in [-0.3, -0.25) is 10.8 Å². The number of hydrogen-bond donors (Lipinski definition) is 4. The molecule has 0 amide bonds. The number of amidine groups is 1. The molecule has 4 rings (SSSR count). The molecule has 2 aromatic carbocycles. The van der Waals surface area contributed by atoms with E-state index in [-0.39, 0.29) is 11.6 Å². The average molecular weight is 555 g/mol. The van der Waals surface area contributed by atoms with Crippen LogP contribution in [-0.2, 0) is 7.05 Å². The number of halogens is 3. The van der Waals surface area contributed by atoms with Crippen molar-refractivity contribution in [3.05, 3.63) is 77.6 Å². The number of hydrazone groups is 1. The molecule has 0 atom stereocenters. The van der Waals surface area contributed by atoms with Crippen molar-refractivity contribution in [3.8, 4) is 5.75 Å². The number of benzene rings is 2. The number of anilines is 2. The van der Waals surface area contributed by atoms with Crippen LogP contribution in [0, 0.1) is 5.41 Å². The number of pyridine rings is 1. The summed E-state index contributed by atoms with van der Waals surface area (Å²) in [6.45, 7) is 4.21. The number of hydrogen-bond acceptors (Lipinski definition) is 6. The van der Waals surface area contributed by atoms with Gasteiger partial charge in [0.2, 0.25) is 0 Å². The Morgan fingerprint density at radius 2 is 1.79 bits per heavy atom. The monoisotopic (exact) mass is 554 g/mol. The molecular formula is C26H25F3N8OS. The van der Waals surface area contributed by atoms with Crippen LogP contribution in [0.4, 0.5) is 24.5 Å². The highest BCUT2D eigenvalue weighted by molar-refractivity contribution is 7.80. The normalized spacial score (nSPS) is 11.7. The van der Waals surface area contributed by atoms with Crippen LogP contribution >= 0.6 is 12.2 Å². The number of aryl methyl sites for hydroxylation is 1. The summed E-state index contributed by atoms with van der Waals surface area (Å²) < 4.78 is 42.5. The lowest BCUT2D eigenvalue weighted by Crippen LogP contribution is -2.24. The predicted octanol–water partition coefficient (Wildman–Crippen LogP) is 5.75. The van der Waals surface area contributed by atoms with E-state index in [4.69, 9.17) is 17.6 Å². The Labute approximate surface area is 227 Å². The van der Waals surface area contributed by atoms with E-state index in [1.807, 2.05) is 24.3 Å². The zero-order valence-corrected chi connectivity index (χ0v) is 22.0. The first kappa shape index (κ1) is 27.5. The molecule has 0 saturated carbocycles. The third-order valence-electron chi connectivity index (χ3n) is 5.50. The molecule has 2 aromatic heterocycles. The Bertz CT molecular complexity index is 1530. The van der Waals surface area contributed by atoms with Crippen molar-refractivity contribution < 1.29 is 17.9 Å². The Morgan fingerprint density at radius 3 is 2.49 bits per heavy atom. The van der Waals surface area contributed by atoms with E-state index >= 15 is 0 Å². The van der Waals surface area contributed by atoms with Crippen LogP contribution in [0.2, 0.25) is 0 Å². The molecule has 2 heterocycles. The molecule has 0 aliphatic rings. The van der Waals surface area contributed by atoms with Gasteiger partial charge in [0.05, 0.1) is 17.3 Å². The second-order valence-electron chi connectivity index (χ2n) is 8.72. The molecule has 0 radical (unpaired) electrons. The molecule has 0 unspecified atom stereocenters. The van der Waals surface area contributed by atoms with Crippen molar-refractivity contribution in [2.24, 2.45) is 12.1 Å². The van der Waals surface area contributed by atoms with Gasteiger partial charge < -0.3 is 15.4 Å². The van der Waals surface area contributed by atoms with Gasteiger partial charge >= 0.3 is 6.36 Å². The SMILES string of the molecule is CC(C)c1ccccc1NC(=S)NN=Cc1ccc2c(C(=N)Nc3ccc(OC(F)(F)F)cc3)nn(C)c2n1. The summed E-state index contributed by atoms with van der Waals surface area (Å²) in [5.41, 5.74) is 6.61. The molecule has 0 aliphatic carbocycles. The lowest BCUT2D eigenvalue weighted by atomic mass is 10.0. The molecule has 13 heteroatoms. The van der Waals surface area contributed by atoms with E-state index in [9.17, 15) is 13.2 Å². The van der Waals surface area contributed by atoms with E-state index in [2.05, 4.69) is 49.8 Å². The van der Waals surface area contributed by atoms with Gasteiger partial charge in [0, 0.05) is 18.4 Å². The summed E-state index contributed by atoms with van der Waals surface area (Å²) in [4.78, 5) is 4.55. The molecule has 9 nitrogen and oxygen atoms in total. The number of nitrogens with one attached hydrogen (secondary N) is 4. The van der Waals surface area contributed by atoms with Crippen LogP contribution in [0.5, 0.6) is 5.75 Å². The molecule has 39 heavy (non-hydrogen) atoms. The summed E-state index contributed by atoms with van der Waals surface area (Å²) in [7, 11) is 1.69. The van der Waals surface area contributed by atoms with Crippen LogP contribution in [0.3, 0.4) is 0 Å². The van der Waals surface area contributed by atoms with Gasteiger partial charge in [0.25, 0.3) is 0 Å². The van der Waals surface area contributed by atoms with Crippen LogP contribution in [0.1, 0.15) is 36.7 Å². The average Bonchev–Trinajstić information content (AvgIpc) is 3.20. The smallest absolute Gasteiger partial charge is 0.406 e. The van der Waals surface area contributed by atoms with Crippen molar-refractivity contribution in [3.63, 3.8) is 0 Å². The molecule has 4 N–H and O–H groups in total. The van der Waals surface area contributed by atoms with Crippen LogP contribution in [-0.4, -0.2) is 38.3 Å². The van der Waals surface area contributed by atoms with E-state index < -0.39 is 6.36 Å². The zero-order valence-electron chi connectivity index (χ0n) is 21.2. The minimum atomic E-state index is -4.77. The first-order valence-corrected chi connectivity index (χ1v) is 12.2. The first-order chi connectivity index (χ1) is 18.5. The van der Waals surface area contributed by atoms with E-state index in [0.29, 0.717) is 39.1 Å². The van der Waals surface area contributed by atoms with Gasteiger partial charge in [-0.05, 0) is 66.2 Å². The highest BCUT2D eigenvalue weighted by Gasteiger charge is 2.31. The van der Waals surface area contributed by atoms with Crippen LogP contribution in [0.15, 0.2) is 65.8 Å². The van der Waals surface area contributed by atoms with E-state index in [1.54, 1.807) is 19.2 Å². The van der Waals surface area contributed by atoms with Crippen molar-refractivity contribution in [2.75, 3.05) is 10.6 Å². The third kappa shape index (κ3) is 7.08. The maximum atomic E-state index is 12.4. The fourth-order valence-corrected chi connectivity index (χ4v) is 3.93. The highest BCUT2D eigenvalue weighted by atomic mass is 32.1. The van der Waals surface area contributed by atoms with Gasteiger partial charge in [-0.2, -0.15) is 10.2 Å². The molecule has 0 spiro atoms. The second kappa shape index (κ2) is 11.5. The number of ether oxygens (including phenoxy) is 1. The van der Waals surface area contributed by atoms with Crippen molar-refractivity contribution in [2.45, 2.75) is 26.1 Å². The minimum absolute atomic E-state index is 0.0481. The molecule has 4 aromatic rings. The second-order valence-corrected chi connectivity index (χ2v) is 9.13. The van der Waals surface area contributed by atoms with Crippen LogP contribution < -0.4 is 20.8 Å². The van der Waals surface area contributed by atoms with Gasteiger partial charge in [-0.15, -0.1) is 13.2 Å². The molecule has 0 fully saturated rings. The largest absolute Gasteiger partial charge is 0.573 e. The number of rotatable bonds is 7. The third-order valence-corrected chi connectivity index (χ3v) is 5.69. The predicted molar refractivity (Wildman–Crippen MR) is 150 cm³/mol. The Morgan fingerprint density at radius 1 is 1.08 bits per heavy atom. The molecule has 0 aliphatic heterocycles. The summed E-state index contributed by atoms with van der Waals surface area (Å²) in [6, 6.07) is 16.5. The number of aromatic nitrogens is 3. The summed E-state index contributed by atoms with van der Waals surface area (Å²) in [6.07, 6.45) is -3.26. The number of nitrogens with zero attached hydrogens (tertiary/aromatic N) is 4. The highest BCUT2D eigenvalue weighted by Crippen LogP contribution is 2.25. The standard InChI is InChI=1S/C26H25F3N8OS/c1-15(2)19-6-4-5-7-21(19)34-25(39)35-31-14-17-10-13-20-22(36-37(3)24(20)33-17)23(30)32-16-8-11-18(12-9-16)38-26(27,28)29/h4-15H,1-3H3,(H2,30,32)(H2,34,35,39). The molecular weight excluding hydrogens is 529 g/mol. The first-order valence-electron chi connectivity index (χ1n) is 11.7. The van der Waals surface area contributed by atoms with Crippen molar-refractivity contribution in [1.29, 1.82) is 5.41 Å². The summed E-state index contributed by atoms with van der Waals surface area (Å²) >= 11 is 5.35. The molecule has 0 bridgehead atoms. The zero-order chi connectivity index (χ0) is 28.2. The van der Waals surface area contributed by atoms with E-state index in [1.165, 1.54) is 23.0 Å². The van der Waals surface area contributed by atoms with E-state index in [0.717, 1.165) is 23.4 Å². The minimum Gasteiger partial charge on any atom is -0.406 e. The molecule has 202 valence electrons. The molecule has 0 saturated heterocycles. The lowest BCUT2D eigenvalue weighted by Gasteiger charge is -2.14.